The Hall–Kier alpha value is -2.75. The number of ether oxygens (including phenoxy) is 1. The van der Waals surface area contributed by atoms with Gasteiger partial charge >= 0.3 is 0 Å². The third-order valence-electron chi connectivity index (χ3n) is 6.08. The van der Waals surface area contributed by atoms with Crippen molar-refractivity contribution in [2.45, 2.75) is 36.7 Å². The van der Waals surface area contributed by atoms with Gasteiger partial charge in [-0.05, 0) is 49.9 Å². The Morgan fingerprint density at radius 3 is 2.52 bits per heavy atom. The van der Waals surface area contributed by atoms with Crippen LogP contribution < -0.4 is 10.6 Å². The SMILES string of the molecule is O=C(NC[C@H]1CCCO1)c1ccccc1NC(=O)[C@@H]1CCCN(S(=O)(=O)c2ccccc2)C1. The lowest BCUT2D eigenvalue weighted by atomic mass is 9.98. The summed E-state index contributed by atoms with van der Waals surface area (Å²) in [4.78, 5) is 26.0. The summed E-state index contributed by atoms with van der Waals surface area (Å²) in [6.07, 6.45) is 3.11. The number of nitrogens with one attached hydrogen (secondary N) is 2. The lowest BCUT2D eigenvalue weighted by Crippen LogP contribution is -2.43. The van der Waals surface area contributed by atoms with Gasteiger partial charge in [-0.15, -0.1) is 0 Å². The minimum Gasteiger partial charge on any atom is -0.376 e. The van der Waals surface area contributed by atoms with Gasteiger partial charge in [-0.25, -0.2) is 8.42 Å². The van der Waals surface area contributed by atoms with Gasteiger partial charge in [0.2, 0.25) is 15.9 Å². The zero-order chi connectivity index (χ0) is 23.3. The molecule has 0 aliphatic carbocycles. The van der Waals surface area contributed by atoms with Crippen molar-refractivity contribution in [3.8, 4) is 0 Å². The fraction of sp³-hybridized carbons (Fsp3) is 0.417. The topological polar surface area (TPSA) is 105 Å². The van der Waals surface area contributed by atoms with Crippen molar-refractivity contribution >= 4 is 27.5 Å². The summed E-state index contributed by atoms with van der Waals surface area (Å²) in [7, 11) is -3.66. The number of carbonyl (C=O) groups excluding carboxylic acids is 2. The number of hydrogen-bond donors (Lipinski definition) is 2. The van der Waals surface area contributed by atoms with E-state index < -0.39 is 15.9 Å². The van der Waals surface area contributed by atoms with E-state index in [1.807, 2.05) is 0 Å². The molecule has 0 saturated carbocycles. The molecule has 2 aliphatic rings. The van der Waals surface area contributed by atoms with E-state index in [-0.39, 0.29) is 29.4 Å². The minimum atomic E-state index is -3.66. The maximum atomic E-state index is 13.0. The van der Waals surface area contributed by atoms with Crippen molar-refractivity contribution in [1.82, 2.24) is 9.62 Å². The van der Waals surface area contributed by atoms with E-state index in [4.69, 9.17) is 4.74 Å². The third-order valence-corrected chi connectivity index (χ3v) is 7.96. The molecule has 0 spiro atoms. The number of hydrogen-bond acceptors (Lipinski definition) is 5. The highest BCUT2D eigenvalue weighted by Crippen LogP contribution is 2.25. The van der Waals surface area contributed by atoms with Crippen LogP contribution >= 0.6 is 0 Å². The van der Waals surface area contributed by atoms with E-state index in [1.165, 1.54) is 4.31 Å². The predicted molar refractivity (Wildman–Crippen MR) is 124 cm³/mol. The first-order chi connectivity index (χ1) is 15.9. The van der Waals surface area contributed by atoms with Gasteiger partial charge in [0, 0.05) is 26.2 Å². The molecule has 2 fully saturated rings. The zero-order valence-corrected chi connectivity index (χ0v) is 19.2. The van der Waals surface area contributed by atoms with E-state index in [0.29, 0.717) is 43.8 Å². The number of para-hydroxylation sites is 1. The fourth-order valence-electron chi connectivity index (χ4n) is 4.25. The van der Waals surface area contributed by atoms with Gasteiger partial charge in [0.15, 0.2) is 0 Å². The van der Waals surface area contributed by atoms with E-state index in [1.54, 1.807) is 54.6 Å². The first-order valence-corrected chi connectivity index (χ1v) is 12.7. The summed E-state index contributed by atoms with van der Waals surface area (Å²) in [6.45, 7) is 1.63. The van der Waals surface area contributed by atoms with Crippen LogP contribution in [-0.2, 0) is 19.6 Å². The smallest absolute Gasteiger partial charge is 0.253 e. The first-order valence-electron chi connectivity index (χ1n) is 11.3. The van der Waals surface area contributed by atoms with Crippen molar-refractivity contribution in [3.63, 3.8) is 0 Å². The Kier molecular flexibility index (Phi) is 7.42. The minimum absolute atomic E-state index is 0.0236. The number of piperidine rings is 1. The summed E-state index contributed by atoms with van der Waals surface area (Å²) in [6, 6.07) is 15.1. The number of anilines is 1. The molecule has 2 atom stereocenters. The van der Waals surface area contributed by atoms with Crippen molar-refractivity contribution in [2.24, 2.45) is 5.92 Å². The Morgan fingerprint density at radius 1 is 1.00 bits per heavy atom. The maximum absolute atomic E-state index is 13.0. The van der Waals surface area contributed by atoms with Gasteiger partial charge < -0.3 is 15.4 Å². The highest BCUT2D eigenvalue weighted by atomic mass is 32.2. The standard InChI is InChI=1S/C24H29N3O5S/c28-23(18-8-6-14-27(17-18)33(30,31)20-10-2-1-3-11-20)26-22-13-5-4-12-21(22)24(29)25-16-19-9-7-15-32-19/h1-5,10-13,18-19H,6-9,14-17H2,(H,25,29)(H,26,28)/t18-,19-/m1/s1. The van der Waals surface area contributed by atoms with Gasteiger partial charge in [0.25, 0.3) is 5.91 Å². The molecule has 0 bridgehead atoms. The Balaban J connectivity index is 1.41. The molecule has 2 aromatic carbocycles. The first kappa shape index (κ1) is 23.4. The van der Waals surface area contributed by atoms with Crippen LogP contribution in [0.15, 0.2) is 59.5 Å². The van der Waals surface area contributed by atoms with Gasteiger partial charge in [-0.2, -0.15) is 4.31 Å². The second kappa shape index (κ2) is 10.5. The molecule has 8 nitrogen and oxygen atoms in total. The number of sulfonamides is 1. The van der Waals surface area contributed by atoms with Crippen LogP contribution in [0, 0.1) is 5.92 Å². The highest BCUT2D eigenvalue weighted by Gasteiger charge is 2.33. The monoisotopic (exact) mass is 471 g/mol. The summed E-state index contributed by atoms with van der Waals surface area (Å²) < 4.78 is 32.9. The molecule has 2 saturated heterocycles. The van der Waals surface area contributed by atoms with Gasteiger partial charge in [0.05, 0.1) is 28.2 Å². The fourth-order valence-corrected chi connectivity index (χ4v) is 5.79. The quantitative estimate of drug-likeness (QED) is 0.646. The van der Waals surface area contributed by atoms with Crippen LogP contribution in [0.25, 0.3) is 0 Å². The van der Waals surface area contributed by atoms with Crippen LogP contribution in [0.2, 0.25) is 0 Å². The molecule has 2 N–H and O–H groups in total. The number of amides is 2. The molecule has 4 rings (SSSR count). The molecule has 33 heavy (non-hydrogen) atoms. The normalized spacial score (nSPS) is 21.5. The number of rotatable bonds is 7. The van der Waals surface area contributed by atoms with Crippen LogP contribution in [0.3, 0.4) is 0 Å². The maximum Gasteiger partial charge on any atom is 0.253 e. The Morgan fingerprint density at radius 2 is 1.76 bits per heavy atom. The molecule has 0 radical (unpaired) electrons. The van der Waals surface area contributed by atoms with Crippen LogP contribution in [0.4, 0.5) is 5.69 Å². The molecule has 2 aromatic rings. The molecule has 2 aliphatic heterocycles. The molecular formula is C24H29N3O5S. The Labute approximate surface area is 194 Å². The molecular weight excluding hydrogens is 442 g/mol. The second-order valence-electron chi connectivity index (χ2n) is 8.40. The lowest BCUT2D eigenvalue weighted by molar-refractivity contribution is -0.120. The van der Waals surface area contributed by atoms with Gasteiger partial charge in [0.1, 0.15) is 0 Å². The molecule has 9 heteroatoms. The summed E-state index contributed by atoms with van der Waals surface area (Å²) in [5.41, 5.74) is 0.781. The van der Waals surface area contributed by atoms with Crippen molar-refractivity contribution in [3.05, 3.63) is 60.2 Å². The third kappa shape index (κ3) is 5.61. The number of nitrogens with zero attached hydrogens (tertiary/aromatic N) is 1. The summed E-state index contributed by atoms with van der Waals surface area (Å²) in [5.74, 6) is -1.07. The van der Waals surface area contributed by atoms with Crippen molar-refractivity contribution in [2.75, 3.05) is 31.6 Å². The summed E-state index contributed by atoms with van der Waals surface area (Å²) >= 11 is 0. The van der Waals surface area contributed by atoms with E-state index >= 15 is 0 Å². The predicted octanol–water partition coefficient (Wildman–Crippen LogP) is 2.63. The Bertz CT molecular complexity index is 1080. The molecule has 2 amide bonds. The zero-order valence-electron chi connectivity index (χ0n) is 18.4. The van der Waals surface area contributed by atoms with E-state index in [9.17, 15) is 18.0 Å². The van der Waals surface area contributed by atoms with Crippen LogP contribution in [0.5, 0.6) is 0 Å². The van der Waals surface area contributed by atoms with E-state index in [0.717, 1.165) is 12.8 Å². The van der Waals surface area contributed by atoms with Crippen molar-refractivity contribution in [1.29, 1.82) is 0 Å². The molecule has 0 unspecified atom stereocenters. The largest absolute Gasteiger partial charge is 0.376 e. The van der Waals surface area contributed by atoms with Crippen LogP contribution in [0.1, 0.15) is 36.0 Å². The van der Waals surface area contributed by atoms with Crippen LogP contribution in [-0.4, -0.2) is 56.9 Å². The second-order valence-corrected chi connectivity index (χ2v) is 10.3. The number of carbonyl (C=O) groups is 2. The highest BCUT2D eigenvalue weighted by molar-refractivity contribution is 7.89. The molecule has 0 aromatic heterocycles. The van der Waals surface area contributed by atoms with Gasteiger partial charge in [-0.1, -0.05) is 30.3 Å². The van der Waals surface area contributed by atoms with Gasteiger partial charge in [-0.3, -0.25) is 9.59 Å². The number of benzene rings is 2. The molecule has 2 heterocycles. The lowest BCUT2D eigenvalue weighted by Gasteiger charge is -2.31. The van der Waals surface area contributed by atoms with E-state index in [2.05, 4.69) is 10.6 Å². The average Bonchev–Trinajstić information content (AvgIpc) is 3.37. The molecule has 176 valence electrons. The summed E-state index contributed by atoms with van der Waals surface area (Å²) in [5, 5.41) is 5.72. The van der Waals surface area contributed by atoms with Crippen molar-refractivity contribution < 1.29 is 22.7 Å². The average molecular weight is 472 g/mol.